The van der Waals surface area contributed by atoms with Crippen LogP contribution >= 0.6 is 11.6 Å². The molecule has 2 aromatic heterocycles. The van der Waals surface area contributed by atoms with Gasteiger partial charge in [-0.05, 0) is 12.8 Å². The highest BCUT2D eigenvalue weighted by Gasteiger charge is 2.42. The molecule has 2 heterocycles. The number of carbonyl (C=O) groups is 1. The molecule has 1 amide bonds. The maximum atomic E-state index is 13.0. The van der Waals surface area contributed by atoms with E-state index >= 15 is 0 Å². The first-order chi connectivity index (χ1) is 13.9. The standard InChI is InChI=1S/C16H16ClF6N5O2/c17-12-13(9-1-2-9)28(26-14(12)16(21,22)23)4-3-11(29)25-10-5-24-27(6-10)8-30-7-15(18,19)20/h5-6,9H,1-4,7-8H2,(H,25,29). The summed E-state index contributed by atoms with van der Waals surface area (Å²) in [4.78, 5) is 12.1. The molecule has 2 aromatic rings. The third-order valence-electron chi connectivity index (χ3n) is 4.12. The molecule has 1 aliphatic rings. The molecule has 0 spiro atoms. The molecule has 1 saturated carbocycles. The number of alkyl halides is 6. The molecule has 7 nitrogen and oxygen atoms in total. The van der Waals surface area contributed by atoms with E-state index in [2.05, 4.69) is 20.3 Å². The summed E-state index contributed by atoms with van der Waals surface area (Å²) in [6, 6.07) is 0. The molecule has 1 N–H and O–H groups in total. The molecule has 166 valence electrons. The minimum atomic E-state index is -4.70. The minimum Gasteiger partial charge on any atom is -0.350 e. The van der Waals surface area contributed by atoms with Crippen molar-refractivity contribution in [1.82, 2.24) is 19.6 Å². The first-order valence-corrected chi connectivity index (χ1v) is 9.12. The van der Waals surface area contributed by atoms with Gasteiger partial charge in [0, 0.05) is 12.3 Å². The van der Waals surface area contributed by atoms with Crippen LogP contribution in [0.25, 0.3) is 0 Å². The zero-order valence-electron chi connectivity index (χ0n) is 15.2. The van der Waals surface area contributed by atoms with Crippen molar-refractivity contribution in [2.45, 2.75) is 50.8 Å². The van der Waals surface area contributed by atoms with Gasteiger partial charge in [0.2, 0.25) is 5.91 Å². The molecule has 14 heteroatoms. The maximum Gasteiger partial charge on any atom is 0.436 e. The van der Waals surface area contributed by atoms with Gasteiger partial charge >= 0.3 is 12.4 Å². The smallest absolute Gasteiger partial charge is 0.350 e. The molecule has 3 rings (SSSR count). The molecule has 0 unspecified atom stereocenters. The van der Waals surface area contributed by atoms with Crippen molar-refractivity contribution >= 4 is 23.2 Å². The lowest BCUT2D eigenvalue weighted by Gasteiger charge is -2.08. The van der Waals surface area contributed by atoms with Crippen molar-refractivity contribution in [2.24, 2.45) is 0 Å². The number of nitrogens with one attached hydrogen (secondary N) is 1. The number of amides is 1. The van der Waals surface area contributed by atoms with Gasteiger partial charge in [-0.2, -0.15) is 36.5 Å². The Morgan fingerprint density at radius 1 is 1.27 bits per heavy atom. The van der Waals surface area contributed by atoms with Gasteiger partial charge in [0.05, 0.1) is 35.3 Å². The molecule has 0 bridgehead atoms. The van der Waals surface area contributed by atoms with Gasteiger partial charge in [0.15, 0.2) is 5.69 Å². The lowest BCUT2D eigenvalue weighted by Crippen LogP contribution is -2.18. The molecule has 0 radical (unpaired) electrons. The second kappa shape index (κ2) is 8.46. The topological polar surface area (TPSA) is 74.0 Å². The fourth-order valence-electron chi connectivity index (χ4n) is 2.74. The Morgan fingerprint density at radius 2 is 1.97 bits per heavy atom. The van der Waals surface area contributed by atoms with Crippen molar-refractivity contribution in [1.29, 1.82) is 0 Å². The average molecular weight is 460 g/mol. The van der Waals surface area contributed by atoms with Gasteiger partial charge in [-0.25, -0.2) is 4.68 Å². The molecule has 1 aliphatic carbocycles. The molecular weight excluding hydrogens is 444 g/mol. The van der Waals surface area contributed by atoms with Crippen LogP contribution in [0.2, 0.25) is 5.02 Å². The number of carbonyl (C=O) groups excluding carboxylic acids is 1. The average Bonchev–Trinajstić information content (AvgIpc) is 3.25. The first kappa shape index (κ1) is 22.4. The quantitative estimate of drug-likeness (QED) is 0.601. The van der Waals surface area contributed by atoms with Gasteiger partial charge in [0.25, 0.3) is 0 Å². The second-order valence-corrected chi connectivity index (χ2v) is 7.08. The SMILES string of the molecule is O=C(CCn1nc(C(F)(F)F)c(Cl)c1C1CC1)Nc1cnn(COCC(F)(F)F)c1. The van der Waals surface area contributed by atoms with E-state index in [0.717, 1.165) is 9.36 Å². The van der Waals surface area contributed by atoms with E-state index in [1.165, 1.54) is 12.4 Å². The van der Waals surface area contributed by atoms with Gasteiger partial charge in [0.1, 0.15) is 13.3 Å². The van der Waals surface area contributed by atoms with E-state index < -0.39 is 42.3 Å². The number of rotatable bonds is 8. The summed E-state index contributed by atoms with van der Waals surface area (Å²) in [6.45, 7) is -2.02. The summed E-state index contributed by atoms with van der Waals surface area (Å²) in [5.41, 5.74) is -0.703. The molecule has 0 aromatic carbocycles. The fourth-order valence-corrected chi connectivity index (χ4v) is 3.13. The number of hydrogen-bond acceptors (Lipinski definition) is 4. The van der Waals surface area contributed by atoms with Crippen LogP contribution in [0.4, 0.5) is 32.0 Å². The molecule has 1 fully saturated rings. The van der Waals surface area contributed by atoms with Gasteiger partial charge in [-0.3, -0.25) is 9.48 Å². The van der Waals surface area contributed by atoms with Crippen molar-refractivity contribution < 1.29 is 35.9 Å². The Balaban J connectivity index is 1.55. The highest BCUT2D eigenvalue weighted by molar-refractivity contribution is 6.32. The monoisotopic (exact) mass is 459 g/mol. The Hall–Kier alpha value is -2.28. The maximum absolute atomic E-state index is 13.0. The number of halogens is 7. The number of ether oxygens (including phenoxy) is 1. The molecule has 30 heavy (non-hydrogen) atoms. The molecule has 0 saturated heterocycles. The lowest BCUT2D eigenvalue weighted by molar-refractivity contribution is -0.182. The molecular formula is C16H16ClF6N5O2. The van der Waals surface area contributed by atoms with E-state index in [1.807, 2.05) is 0 Å². The van der Waals surface area contributed by atoms with E-state index in [0.29, 0.717) is 12.8 Å². The van der Waals surface area contributed by atoms with Crippen LogP contribution in [0, 0.1) is 0 Å². The van der Waals surface area contributed by atoms with Crippen LogP contribution < -0.4 is 5.32 Å². The number of aromatic nitrogens is 4. The normalized spacial score (nSPS) is 14.9. The third kappa shape index (κ3) is 5.88. The van der Waals surface area contributed by atoms with Crippen molar-refractivity contribution in [2.75, 3.05) is 11.9 Å². The highest BCUT2D eigenvalue weighted by Crippen LogP contribution is 2.46. The fraction of sp³-hybridized carbons (Fsp3) is 0.562. The summed E-state index contributed by atoms with van der Waals surface area (Å²) in [7, 11) is 0. The van der Waals surface area contributed by atoms with Gasteiger partial charge < -0.3 is 10.1 Å². The minimum absolute atomic E-state index is 0.112. The third-order valence-corrected chi connectivity index (χ3v) is 4.49. The van der Waals surface area contributed by atoms with Gasteiger partial charge in [-0.1, -0.05) is 11.6 Å². The summed E-state index contributed by atoms with van der Waals surface area (Å²) >= 11 is 5.87. The summed E-state index contributed by atoms with van der Waals surface area (Å²) < 4.78 is 81.9. The predicted molar refractivity (Wildman–Crippen MR) is 91.7 cm³/mol. The van der Waals surface area contributed by atoms with Crippen LogP contribution in [0.1, 0.15) is 36.6 Å². The van der Waals surface area contributed by atoms with Crippen molar-refractivity contribution in [3.05, 3.63) is 28.8 Å². The van der Waals surface area contributed by atoms with Crippen LogP contribution in [-0.2, 0) is 29.0 Å². The van der Waals surface area contributed by atoms with Crippen LogP contribution in [0.15, 0.2) is 12.4 Å². The predicted octanol–water partition coefficient (Wildman–Crippen LogP) is 4.19. The number of nitrogens with zero attached hydrogens (tertiary/aromatic N) is 4. The van der Waals surface area contributed by atoms with Crippen molar-refractivity contribution in [3.63, 3.8) is 0 Å². The Labute approximate surface area is 170 Å². The van der Waals surface area contributed by atoms with Crippen LogP contribution in [-0.4, -0.2) is 38.3 Å². The van der Waals surface area contributed by atoms with E-state index in [-0.39, 0.29) is 30.3 Å². The Kier molecular flexibility index (Phi) is 6.32. The first-order valence-electron chi connectivity index (χ1n) is 8.74. The highest BCUT2D eigenvalue weighted by atomic mass is 35.5. The van der Waals surface area contributed by atoms with E-state index in [4.69, 9.17) is 11.6 Å². The second-order valence-electron chi connectivity index (χ2n) is 6.70. The Bertz CT molecular complexity index is 903. The Morgan fingerprint density at radius 3 is 2.57 bits per heavy atom. The van der Waals surface area contributed by atoms with Crippen molar-refractivity contribution in [3.8, 4) is 0 Å². The molecule has 0 aliphatic heterocycles. The zero-order valence-corrected chi connectivity index (χ0v) is 16.0. The van der Waals surface area contributed by atoms with E-state index in [1.54, 1.807) is 0 Å². The van der Waals surface area contributed by atoms with Crippen LogP contribution in [0.5, 0.6) is 0 Å². The summed E-state index contributed by atoms with van der Waals surface area (Å²) in [5.74, 6) is -0.647. The largest absolute Gasteiger partial charge is 0.436 e. The summed E-state index contributed by atoms with van der Waals surface area (Å²) in [6.07, 6.45) is -5.49. The molecule has 0 atom stereocenters. The number of hydrogen-bond donors (Lipinski definition) is 1. The zero-order chi connectivity index (χ0) is 22.1. The number of anilines is 1. The summed E-state index contributed by atoms with van der Waals surface area (Å²) in [5, 5.41) is 9.30. The van der Waals surface area contributed by atoms with Gasteiger partial charge in [-0.15, -0.1) is 0 Å². The van der Waals surface area contributed by atoms with E-state index in [9.17, 15) is 31.1 Å². The van der Waals surface area contributed by atoms with Crippen LogP contribution in [0.3, 0.4) is 0 Å². The number of aryl methyl sites for hydroxylation is 1. The lowest BCUT2D eigenvalue weighted by atomic mass is 10.2.